The molecule has 0 aliphatic rings. The molecule has 0 fully saturated rings. The number of ketones is 1. The Morgan fingerprint density at radius 3 is 2.60 bits per heavy atom. The van der Waals surface area contributed by atoms with Gasteiger partial charge in [0.05, 0.1) is 0 Å². The molecule has 0 unspecified atom stereocenters. The minimum absolute atomic E-state index is 0.310. The molecule has 0 aliphatic heterocycles. The molecule has 0 radical (unpaired) electrons. The molecule has 0 N–H and O–H groups in total. The van der Waals surface area contributed by atoms with Gasteiger partial charge in [-0.3, -0.25) is 9.78 Å². The van der Waals surface area contributed by atoms with Crippen molar-refractivity contribution in [2.24, 2.45) is 0 Å². The van der Waals surface area contributed by atoms with Gasteiger partial charge in [0.1, 0.15) is 5.78 Å². The van der Waals surface area contributed by atoms with E-state index >= 15 is 0 Å². The largest absolute Gasteiger partial charge is 0.299 e. The Morgan fingerprint density at radius 2 is 1.80 bits per heavy atom. The predicted molar refractivity (Wildman–Crippen MR) is 83.8 cm³/mol. The molecule has 1 aromatic heterocycles. The van der Waals surface area contributed by atoms with Crippen molar-refractivity contribution < 1.29 is 4.79 Å². The number of hydrogen-bond acceptors (Lipinski definition) is 2. The fourth-order valence-electron chi connectivity index (χ4n) is 2.44. The Hall–Kier alpha value is -1.70. The molecule has 2 rings (SSSR count). The molecule has 1 aromatic carbocycles. The van der Waals surface area contributed by atoms with Gasteiger partial charge in [0, 0.05) is 30.1 Å². The maximum atomic E-state index is 11.9. The van der Waals surface area contributed by atoms with E-state index in [4.69, 9.17) is 0 Å². The number of aromatic nitrogens is 1. The van der Waals surface area contributed by atoms with Crippen molar-refractivity contribution in [1.82, 2.24) is 4.98 Å². The van der Waals surface area contributed by atoms with Crippen molar-refractivity contribution >= 4 is 16.6 Å². The lowest BCUT2D eigenvalue weighted by atomic mass is 10.0. The van der Waals surface area contributed by atoms with Gasteiger partial charge in [-0.25, -0.2) is 0 Å². The molecule has 0 saturated heterocycles. The molecule has 0 atom stereocenters. The fraction of sp³-hybridized carbons (Fsp3) is 0.444. The number of carbonyl (C=O) groups excluding carboxylic acids is 1. The van der Waals surface area contributed by atoms with Crippen molar-refractivity contribution in [3.63, 3.8) is 0 Å². The summed E-state index contributed by atoms with van der Waals surface area (Å²) in [5, 5.41) is 2.29. The van der Waals surface area contributed by atoms with Gasteiger partial charge in [-0.05, 0) is 17.9 Å². The van der Waals surface area contributed by atoms with E-state index < -0.39 is 0 Å². The van der Waals surface area contributed by atoms with E-state index in [1.54, 1.807) is 0 Å². The number of nitrogens with zero attached hydrogens (tertiary/aromatic N) is 1. The van der Waals surface area contributed by atoms with Crippen LogP contribution in [0.15, 0.2) is 36.5 Å². The highest BCUT2D eigenvalue weighted by atomic mass is 16.1. The van der Waals surface area contributed by atoms with Crippen LogP contribution in [0.3, 0.4) is 0 Å². The van der Waals surface area contributed by atoms with E-state index in [1.165, 1.54) is 25.7 Å². The third-order valence-electron chi connectivity index (χ3n) is 3.63. The van der Waals surface area contributed by atoms with Crippen LogP contribution in [0.5, 0.6) is 0 Å². The van der Waals surface area contributed by atoms with Gasteiger partial charge < -0.3 is 0 Å². The molecule has 20 heavy (non-hydrogen) atoms. The minimum Gasteiger partial charge on any atom is -0.299 e. The van der Waals surface area contributed by atoms with Gasteiger partial charge in [-0.1, -0.05) is 56.9 Å². The van der Waals surface area contributed by atoms with Gasteiger partial charge in [0.2, 0.25) is 0 Å². The second-order valence-corrected chi connectivity index (χ2v) is 5.40. The fourth-order valence-corrected chi connectivity index (χ4v) is 2.44. The highest BCUT2D eigenvalue weighted by Gasteiger charge is 2.05. The van der Waals surface area contributed by atoms with Crippen LogP contribution in [0.1, 0.15) is 51.1 Å². The van der Waals surface area contributed by atoms with Crippen molar-refractivity contribution in [3.8, 4) is 0 Å². The van der Waals surface area contributed by atoms with Gasteiger partial charge in [0.25, 0.3) is 0 Å². The lowest BCUT2D eigenvalue weighted by Gasteiger charge is -2.03. The van der Waals surface area contributed by atoms with Crippen LogP contribution in [0.4, 0.5) is 0 Å². The van der Waals surface area contributed by atoms with E-state index in [1.807, 2.05) is 30.5 Å². The number of unbranched alkanes of at least 4 members (excludes halogenated alkanes) is 4. The zero-order valence-electron chi connectivity index (χ0n) is 12.3. The summed E-state index contributed by atoms with van der Waals surface area (Å²) < 4.78 is 0. The van der Waals surface area contributed by atoms with Crippen LogP contribution < -0.4 is 0 Å². The van der Waals surface area contributed by atoms with Crippen molar-refractivity contribution in [2.45, 2.75) is 51.9 Å². The first-order valence-corrected chi connectivity index (χ1v) is 7.65. The number of pyridine rings is 1. The standard InChI is InChI=1S/C18H23NO/c1-2-3-4-5-6-11-18(20)13-17-12-15-9-7-8-10-16(15)14-19-17/h7-10,12,14H,2-6,11,13H2,1H3. The quantitative estimate of drug-likeness (QED) is 0.650. The Balaban J connectivity index is 1.83. The first kappa shape index (κ1) is 14.7. The van der Waals surface area contributed by atoms with Crippen LogP contribution in [-0.4, -0.2) is 10.8 Å². The molecular weight excluding hydrogens is 246 g/mol. The minimum atomic E-state index is 0.310. The third kappa shape index (κ3) is 4.44. The van der Waals surface area contributed by atoms with E-state index in [0.29, 0.717) is 18.6 Å². The van der Waals surface area contributed by atoms with Crippen molar-refractivity contribution in [2.75, 3.05) is 0 Å². The van der Waals surface area contributed by atoms with Crippen molar-refractivity contribution in [3.05, 3.63) is 42.2 Å². The van der Waals surface area contributed by atoms with Crippen molar-refractivity contribution in [1.29, 1.82) is 0 Å². The van der Waals surface area contributed by atoms with Gasteiger partial charge in [-0.2, -0.15) is 0 Å². The number of carbonyl (C=O) groups is 1. The summed E-state index contributed by atoms with van der Waals surface area (Å²) in [7, 11) is 0. The zero-order valence-corrected chi connectivity index (χ0v) is 12.3. The molecule has 0 amide bonds. The maximum absolute atomic E-state index is 11.9. The topological polar surface area (TPSA) is 30.0 Å². The lowest BCUT2D eigenvalue weighted by Crippen LogP contribution is -2.04. The Bertz CT molecular complexity index is 562. The molecule has 1 heterocycles. The van der Waals surface area contributed by atoms with E-state index in [-0.39, 0.29) is 0 Å². The molecule has 2 aromatic rings. The van der Waals surface area contributed by atoms with Crippen LogP contribution >= 0.6 is 0 Å². The van der Waals surface area contributed by atoms with E-state index in [9.17, 15) is 4.79 Å². The molecule has 2 nitrogen and oxygen atoms in total. The highest BCUT2D eigenvalue weighted by molar-refractivity contribution is 5.84. The number of Topliss-reactive ketones (excluding diaryl/α,β-unsaturated/α-hetero) is 1. The summed E-state index contributed by atoms with van der Waals surface area (Å²) in [5.74, 6) is 0.310. The van der Waals surface area contributed by atoms with E-state index in [2.05, 4.69) is 18.0 Å². The number of benzene rings is 1. The van der Waals surface area contributed by atoms with Crippen LogP contribution in [0, 0.1) is 0 Å². The SMILES string of the molecule is CCCCCCCC(=O)Cc1cc2ccccc2cn1. The molecule has 0 saturated carbocycles. The normalized spacial score (nSPS) is 10.8. The van der Waals surface area contributed by atoms with Gasteiger partial charge in [-0.15, -0.1) is 0 Å². The van der Waals surface area contributed by atoms with E-state index in [0.717, 1.165) is 22.9 Å². The lowest BCUT2D eigenvalue weighted by molar-refractivity contribution is -0.118. The number of rotatable bonds is 8. The average molecular weight is 269 g/mol. The molecule has 0 bridgehead atoms. The van der Waals surface area contributed by atoms with Crippen LogP contribution in [0.25, 0.3) is 10.8 Å². The summed E-state index contributed by atoms with van der Waals surface area (Å²) in [5.41, 5.74) is 0.891. The average Bonchev–Trinajstić information content (AvgIpc) is 2.47. The first-order valence-electron chi connectivity index (χ1n) is 7.65. The van der Waals surface area contributed by atoms with Crippen LogP contribution in [0.2, 0.25) is 0 Å². The molecule has 2 heteroatoms. The number of hydrogen-bond donors (Lipinski definition) is 0. The monoisotopic (exact) mass is 269 g/mol. The number of fused-ring (bicyclic) bond motifs is 1. The Kier molecular flexibility index (Phi) is 5.72. The smallest absolute Gasteiger partial charge is 0.138 e. The first-order chi connectivity index (χ1) is 9.79. The predicted octanol–water partition coefficient (Wildman–Crippen LogP) is 4.71. The molecule has 106 valence electrons. The zero-order chi connectivity index (χ0) is 14.2. The maximum Gasteiger partial charge on any atom is 0.138 e. The van der Waals surface area contributed by atoms with Crippen LogP contribution in [-0.2, 0) is 11.2 Å². The molecule has 0 aliphatic carbocycles. The third-order valence-corrected chi connectivity index (χ3v) is 3.63. The molecule has 0 spiro atoms. The second kappa shape index (κ2) is 7.78. The van der Waals surface area contributed by atoms with Gasteiger partial charge in [0.15, 0.2) is 0 Å². The summed E-state index contributed by atoms with van der Waals surface area (Å²) in [6, 6.07) is 10.2. The second-order valence-electron chi connectivity index (χ2n) is 5.40. The van der Waals surface area contributed by atoms with Gasteiger partial charge >= 0.3 is 0 Å². The highest BCUT2D eigenvalue weighted by Crippen LogP contribution is 2.14. The summed E-state index contributed by atoms with van der Waals surface area (Å²) in [6.07, 6.45) is 8.99. The molecular formula is C18H23NO. The Morgan fingerprint density at radius 1 is 1.05 bits per heavy atom. The summed E-state index contributed by atoms with van der Waals surface area (Å²) >= 11 is 0. The summed E-state index contributed by atoms with van der Waals surface area (Å²) in [6.45, 7) is 2.20. The summed E-state index contributed by atoms with van der Waals surface area (Å²) in [4.78, 5) is 16.3. The Labute approximate surface area is 121 Å².